The second-order valence-electron chi connectivity index (χ2n) is 7.02. The number of nitrogens with zero attached hydrogens (tertiary/aromatic N) is 1. The number of para-hydroxylation sites is 1. The molecule has 0 bridgehead atoms. The number of sulfonamides is 1. The van der Waals surface area contributed by atoms with Gasteiger partial charge in [-0.15, -0.1) is 0 Å². The van der Waals surface area contributed by atoms with Gasteiger partial charge in [-0.05, 0) is 48.4 Å². The van der Waals surface area contributed by atoms with E-state index in [1.807, 2.05) is 10.8 Å². The summed E-state index contributed by atoms with van der Waals surface area (Å²) in [6.45, 7) is 0.217. The number of carboxylic acids is 1. The van der Waals surface area contributed by atoms with Crippen molar-refractivity contribution in [2.75, 3.05) is 13.2 Å². The Kier molecular flexibility index (Phi) is 7.93. The fourth-order valence-electron chi connectivity index (χ4n) is 2.79. The van der Waals surface area contributed by atoms with Gasteiger partial charge in [0, 0.05) is 12.7 Å². The molecule has 0 aliphatic rings. The molecular formula is C23H21N3O7S. The highest BCUT2D eigenvalue weighted by Gasteiger charge is 2.19. The minimum absolute atomic E-state index is 0.0998. The first-order valence-corrected chi connectivity index (χ1v) is 11.5. The molecule has 11 heteroatoms. The average Bonchev–Trinajstić information content (AvgIpc) is 2.83. The third-order valence-electron chi connectivity index (χ3n) is 4.55. The second kappa shape index (κ2) is 11.1. The molecule has 2 aromatic carbocycles. The zero-order valence-corrected chi connectivity index (χ0v) is 18.6. The number of ether oxygens (including phenoxy) is 1. The number of pyridine rings is 1. The molecule has 0 aliphatic heterocycles. The Morgan fingerprint density at radius 1 is 0.941 bits per heavy atom. The molecule has 0 aliphatic carbocycles. The van der Waals surface area contributed by atoms with Crippen LogP contribution in [0.25, 0.3) is 0 Å². The van der Waals surface area contributed by atoms with E-state index in [4.69, 9.17) is 9.84 Å². The van der Waals surface area contributed by atoms with Crippen LogP contribution in [0.15, 0.2) is 77.8 Å². The van der Waals surface area contributed by atoms with E-state index in [1.165, 1.54) is 18.2 Å². The van der Waals surface area contributed by atoms with Gasteiger partial charge >= 0.3 is 5.97 Å². The Bertz CT molecular complexity index is 1260. The number of carbonyl (C=O) groups is 3. The highest BCUT2D eigenvalue weighted by Crippen LogP contribution is 2.12. The molecule has 0 atom stereocenters. The number of rotatable bonds is 10. The standard InChI is InChI=1S/C23H21N3O7S/c27-21(15-33-18-4-2-1-3-5-18)24-13-12-16-6-9-19(10-7-16)34(31,32)26-22(28)17-8-11-20(23(29)30)25-14-17/h1-11,14H,12-13,15H2,(H,24,27)(H,26,28)(H,29,30). The average molecular weight is 484 g/mol. The lowest BCUT2D eigenvalue weighted by molar-refractivity contribution is -0.123. The van der Waals surface area contributed by atoms with Crippen molar-refractivity contribution in [2.24, 2.45) is 0 Å². The number of hydrogen-bond acceptors (Lipinski definition) is 7. The molecule has 0 unspecified atom stereocenters. The van der Waals surface area contributed by atoms with Crippen molar-refractivity contribution in [1.29, 1.82) is 0 Å². The number of benzene rings is 2. The summed E-state index contributed by atoms with van der Waals surface area (Å²) < 4.78 is 32.2. The normalized spacial score (nSPS) is 10.8. The van der Waals surface area contributed by atoms with Crippen LogP contribution in [0.4, 0.5) is 0 Å². The number of amides is 2. The van der Waals surface area contributed by atoms with Gasteiger partial charge in [-0.2, -0.15) is 0 Å². The van der Waals surface area contributed by atoms with Crippen LogP contribution in [0.5, 0.6) is 5.75 Å². The van der Waals surface area contributed by atoms with Crippen LogP contribution in [-0.4, -0.2) is 49.4 Å². The van der Waals surface area contributed by atoms with Crippen molar-refractivity contribution < 1.29 is 32.6 Å². The van der Waals surface area contributed by atoms with E-state index in [1.54, 1.807) is 36.4 Å². The van der Waals surface area contributed by atoms with Gasteiger partial charge in [-0.3, -0.25) is 9.59 Å². The first-order chi connectivity index (χ1) is 16.2. The van der Waals surface area contributed by atoms with E-state index in [2.05, 4.69) is 10.3 Å². The monoisotopic (exact) mass is 483 g/mol. The lowest BCUT2D eigenvalue weighted by Gasteiger charge is -2.09. The van der Waals surface area contributed by atoms with E-state index in [0.717, 1.165) is 17.8 Å². The maximum atomic E-state index is 12.5. The molecule has 0 fully saturated rings. The summed E-state index contributed by atoms with van der Waals surface area (Å²) in [4.78, 5) is 38.4. The second-order valence-corrected chi connectivity index (χ2v) is 8.70. The Balaban J connectivity index is 1.49. The number of aromatic carboxylic acids is 1. The minimum Gasteiger partial charge on any atom is -0.484 e. The molecule has 1 heterocycles. The van der Waals surface area contributed by atoms with Gasteiger partial charge in [-0.25, -0.2) is 22.9 Å². The summed E-state index contributed by atoms with van der Waals surface area (Å²) >= 11 is 0. The molecule has 3 N–H and O–H groups in total. The van der Waals surface area contributed by atoms with Crippen molar-refractivity contribution in [3.63, 3.8) is 0 Å². The number of carbonyl (C=O) groups excluding carboxylic acids is 2. The molecule has 0 saturated heterocycles. The van der Waals surface area contributed by atoms with Gasteiger partial charge in [0.1, 0.15) is 11.4 Å². The van der Waals surface area contributed by atoms with E-state index in [-0.39, 0.29) is 28.7 Å². The number of carboxylic acid groups (broad SMARTS) is 1. The topological polar surface area (TPSA) is 152 Å². The third kappa shape index (κ3) is 6.87. The summed E-state index contributed by atoms with van der Waals surface area (Å²) in [6, 6.07) is 17.1. The highest BCUT2D eigenvalue weighted by atomic mass is 32.2. The largest absolute Gasteiger partial charge is 0.484 e. The molecule has 3 rings (SSSR count). The van der Waals surface area contributed by atoms with Crippen molar-refractivity contribution in [3.8, 4) is 5.75 Å². The van der Waals surface area contributed by atoms with Gasteiger partial charge in [0.2, 0.25) is 0 Å². The molecule has 1 aromatic heterocycles. The summed E-state index contributed by atoms with van der Waals surface area (Å²) in [5.41, 5.74) is 0.412. The molecule has 0 radical (unpaired) electrons. The molecule has 10 nitrogen and oxygen atoms in total. The predicted molar refractivity (Wildman–Crippen MR) is 121 cm³/mol. The maximum Gasteiger partial charge on any atom is 0.354 e. The molecule has 2 amide bonds. The number of hydrogen-bond donors (Lipinski definition) is 3. The summed E-state index contributed by atoms with van der Waals surface area (Å²) in [7, 11) is -4.15. The van der Waals surface area contributed by atoms with Crippen LogP contribution < -0.4 is 14.8 Å². The Morgan fingerprint density at radius 2 is 1.65 bits per heavy atom. The van der Waals surface area contributed by atoms with Crippen molar-refractivity contribution >= 4 is 27.8 Å². The lowest BCUT2D eigenvalue weighted by atomic mass is 10.1. The fraction of sp³-hybridized carbons (Fsp3) is 0.130. The van der Waals surface area contributed by atoms with Gasteiger partial charge in [0.05, 0.1) is 10.5 Å². The van der Waals surface area contributed by atoms with Crippen molar-refractivity contribution in [1.82, 2.24) is 15.0 Å². The molecule has 0 saturated carbocycles. The van der Waals surface area contributed by atoms with Gasteiger partial charge in [0.25, 0.3) is 21.8 Å². The Labute approximate surface area is 195 Å². The van der Waals surface area contributed by atoms with Crippen LogP contribution in [0.2, 0.25) is 0 Å². The molecule has 34 heavy (non-hydrogen) atoms. The third-order valence-corrected chi connectivity index (χ3v) is 5.90. The van der Waals surface area contributed by atoms with Crippen LogP contribution in [-0.2, 0) is 21.2 Å². The van der Waals surface area contributed by atoms with Crippen molar-refractivity contribution in [2.45, 2.75) is 11.3 Å². The van der Waals surface area contributed by atoms with E-state index >= 15 is 0 Å². The fourth-order valence-corrected chi connectivity index (χ4v) is 3.77. The number of nitrogens with one attached hydrogen (secondary N) is 2. The first kappa shape index (κ1) is 24.4. The molecule has 0 spiro atoms. The molecule has 3 aromatic rings. The zero-order chi connectivity index (χ0) is 24.6. The highest BCUT2D eigenvalue weighted by molar-refractivity contribution is 7.90. The first-order valence-electron chi connectivity index (χ1n) is 10.0. The summed E-state index contributed by atoms with van der Waals surface area (Å²) in [5.74, 6) is -1.89. The van der Waals surface area contributed by atoms with Crippen LogP contribution in [0.1, 0.15) is 26.4 Å². The Morgan fingerprint density at radius 3 is 2.26 bits per heavy atom. The quantitative estimate of drug-likeness (QED) is 0.394. The van der Waals surface area contributed by atoms with E-state index in [0.29, 0.717) is 18.7 Å². The summed E-state index contributed by atoms with van der Waals surface area (Å²) in [6.07, 6.45) is 1.45. The zero-order valence-electron chi connectivity index (χ0n) is 17.8. The molecule has 176 valence electrons. The molecular weight excluding hydrogens is 462 g/mol. The SMILES string of the molecule is O=C(COc1ccccc1)NCCc1ccc(S(=O)(=O)NC(=O)c2ccc(C(=O)O)nc2)cc1. The smallest absolute Gasteiger partial charge is 0.354 e. The van der Waals surface area contributed by atoms with Crippen LogP contribution in [0.3, 0.4) is 0 Å². The number of aromatic nitrogens is 1. The lowest BCUT2D eigenvalue weighted by Crippen LogP contribution is -2.31. The maximum absolute atomic E-state index is 12.5. The van der Waals surface area contributed by atoms with Gasteiger partial charge in [0.15, 0.2) is 6.61 Å². The van der Waals surface area contributed by atoms with Crippen LogP contribution in [0, 0.1) is 0 Å². The van der Waals surface area contributed by atoms with Crippen molar-refractivity contribution in [3.05, 3.63) is 89.7 Å². The van der Waals surface area contributed by atoms with Crippen LogP contribution >= 0.6 is 0 Å². The van der Waals surface area contributed by atoms with E-state index in [9.17, 15) is 22.8 Å². The van der Waals surface area contributed by atoms with Gasteiger partial charge in [-0.1, -0.05) is 30.3 Å². The van der Waals surface area contributed by atoms with Gasteiger partial charge < -0.3 is 15.2 Å². The van der Waals surface area contributed by atoms with E-state index < -0.39 is 21.9 Å². The summed E-state index contributed by atoms with van der Waals surface area (Å²) in [5, 5.41) is 11.6. The minimum atomic E-state index is -4.15. The predicted octanol–water partition coefficient (Wildman–Crippen LogP) is 1.64. The Hall–Kier alpha value is -4.25.